The topological polar surface area (TPSA) is 20.3 Å². The fraction of sp³-hybridized carbons (Fsp3) is 0.533. The number of carbonyl (C=O) groups excluding carboxylic acids is 1. The van der Waals surface area contributed by atoms with E-state index in [4.69, 9.17) is 0 Å². The molecule has 94 valence electrons. The van der Waals surface area contributed by atoms with Crippen LogP contribution in [0.15, 0.2) is 18.2 Å². The van der Waals surface area contributed by atoms with Crippen LogP contribution in [0.25, 0.3) is 0 Å². The predicted molar refractivity (Wildman–Crippen MR) is 73.6 cm³/mol. The van der Waals surface area contributed by atoms with E-state index in [0.717, 1.165) is 19.3 Å². The summed E-state index contributed by atoms with van der Waals surface area (Å²) in [5.41, 5.74) is 3.45. The van der Waals surface area contributed by atoms with E-state index in [2.05, 4.69) is 43.9 Å². The molecule has 0 radical (unpaired) electrons. The summed E-state index contributed by atoms with van der Waals surface area (Å²) in [5, 5.41) is 0. The molecule has 0 saturated heterocycles. The lowest BCUT2D eigenvalue weighted by Crippen LogP contribution is -2.34. The third kappa shape index (κ3) is 3.58. The third-order valence-corrected chi connectivity index (χ3v) is 3.34. The first kappa shape index (κ1) is 13.8. The van der Waals surface area contributed by atoms with E-state index in [-0.39, 0.29) is 5.41 Å². The van der Waals surface area contributed by atoms with Crippen LogP contribution in [0, 0.1) is 19.3 Å². The van der Waals surface area contributed by atoms with Gasteiger partial charge in [-0.15, -0.1) is 0 Å². The van der Waals surface area contributed by atoms with Crippen LogP contribution in [0.2, 0.25) is 0 Å². The second-order valence-electron chi connectivity index (χ2n) is 5.33. The molecule has 0 fully saturated rings. The van der Waals surface area contributed by atoms with E-state index in [1.807, 2.05) is 14.0 Å². The van der Waals surface area contributed by atoms with Crippen molar-refractivity contribution >= 4 is 12.0 Å². The molecular formula is C15H23NO. The van der Waals surface area contributed by atoms with Gasteiger partial charge in [-0.3, -0.25) is 0 Å². The van der Waals surface area contributed by atoms with Crippen LogP contribution < -0.4 is 4.90 Å². The van der Waals surface area contributed by atoms with E-state index in [0.29, 0.717) is 0 Å². The van der Waals surface area contributed by atoms with Crippen molar-refractivity contribution in [3.63, 3.8) is 0 Å². The molecular weight excluding hydrogens is 210 g/mol. The lowest BCUT2D eigenvalue weighted by molar-refractivity contribution is -0.115. The molecule has 0 bridgehead atoms. The van der Waals surface area contributed by atoms with Gasteiger partial charge in [-0.2, -0.15) is 0 Å². The first-order valence-corrected chi connectivity index (χ1v) is 6.16. The van der Waals surface area contributed by atoms with E-state index in [1.54, 1.807) is 0 Å². The Labute approximate surface area is 105 Å². The quantitative estimate of drug-likeness (QED) is 0.727. The molecule has 1 rings (SSSR count). The number of rotatable bonds is 5. The van der Waals surface area contributed by atoms with E-state index in [1.165, 1.54) is 16.8 Å². The lowest BCUT2D eigenvalue weighted by Gasteiger charge is -2.29. The molecule has 0 aliphatic carbocycles. The van der Waals surface area contributed by atoms with Gasteiger partial charge in [-0.1, -0.05) is 19.9 Å². The molecule has 0 aliphatic rings. The molecule has 2 nitrogen and oxygen atoms in total. The summed E-state index contributed by atoms with van der Waals surface area (Å²) >= 11 is 0. The van der Waals surface area contributed by atoms with Crippen molar-refractivity contribution in [2.24, 2.45) is 5.41 Å². The van der Waals surface area contributed by atoms with Crippen LogP contribution in [0.1, 0.15) is 31.4 Å². The average Bonchev–Trinajstić information content (AvgIpc) is 2.27. The highest BCUT2D eigenvalue weighted by Gasteiger charge is 2.23. The Kier molecular flexibility index (Phi) is 4.33. The Morgan fingerprint density at radius 3 is 2.18 bits per heavy atom. The zero-order valence-electron chi connectivity index (χ0n) is 11.6. The van der Waals surface area contributed by atoms with Gasteiger partial charge in [-0.05, 0) is 43.5 Å². The van der Waals surface area contributed by atoms with Crippen molar-refractivity contribution in [2.75, 3.05) is 18.5 Å². The molecule has 0 saturated carbocycles. The summed E-state index contributed by atoms with van der Waals surface area (Å²) in [6, 6.07) is 6.48. The maximum atomic E-state index is 11.1. The van der Waals surface area contributed by atoms with Crippen molar-refractivity contribution in [1.29, 1.82) is 0 Å². The zero-order chi connectivity index (χ0) is 13.1. The normalized spacial score (nSPS) is 14.2. The lowest BCUT2D eigenvalue weighted by atomic mass is 9.89. The largest absolute Gasteiger partial charge is 0.374 e. The maximum Gasteiger partial charge on any atom is 0.127 e. The molecule has 1 unspecified atom stereocenters. The highest BCUT2D eigenvalue weighted by Crippen LogP contribution is 2.24. The average molecular weight is 233 g/mol. The Bertz CT molecular complexity index is 380. The third-order valence-electron chi connectivity index (χ3n) is 3.34. The minimum Gasteiger partial charge on any atom is -0.374 e. The summed E-state index contributed by atoms with van der Waals surface area (Å²) < 4.78 is 0. The molecule has 0 amide bonds. The van der Waals surface area contributed by atoms with Crippen LogP contribution in [-0.4, -0.2) is 19.9 Å². The summed E-state index contributed by atoms with van der Waals surface area (Å²) in [6.45, 7) is 9.03. The van der Waals surface area contributed by atoms with Gasteiger partial charge in [0, 0.05) is 24.7 Å². The highest BCUT2D eigenvalue weighted by molar-refractivity contribution is 5.61. The summed E-state index contributed by atoms with van der Waals surface area (Å²) in [7, 11) is 2.05. The van der Waals surface area contributed by atoms with Crippen LogP contribution in [0.3, 0.4) is 0 Å². The molecule has 0 aliphatic heterocycles. The Hall–Kier alpha value is -1.31. The van der Waals surface area contributed by atoms with Crippen molar-refractivity contribution in [3.8, 4) is 0 Å². The molecule has 0 heterocycles. The molecule has 1 atom stereocenters. The molecule has 0 aromatic heterocycles. The number of hydrogen-bond donors (Lipinski definition) is 0. The van der Waals surface area contributed by atoms with Crippen LogP contribution in [0.4, 0.5) is 5.69 Å². The first-order valence-electron chi connectivity index (χ1n) is 6.16. The second-order valence-corrected chi connectivity index (χ2v) is 5.33. The Balaban J connectivity index is 2.89. The molecule has 0 N–H and O–H groups in total. The molecule has 2 heteroatoms. The van der Waals surface area contributed by atoms with Gasteiger partial charge in [0.25, 0.3) is 0 Å². The number of hydrogen-bond acceptors (Lipinski definition) is 2. The number of aldehydes is 1. The van der Waals surface area contributed by atoms with Gasteiger partial charge < -0.3 is 9.69 Å². The monoisotopic (exact) mass is 233 g/mol. The predicted octanol–water partition coefficient (Wildman–Crippen LogP) is 3.35. The van der Waals surface area contributed by atoms with Crippen molar-refractivity contribution in [2.45, 2.75) is 34.1 Å². The van der Waals surface area contributed by atoms with Crippen molar-refractivity contribution in [1.82, 2.24) is 0 Å². The zero-order valence-corrected chi connectivity index (χ0v) is 11.6. The minimum absolute atomic E-state index is 0.258. The highest BCUT2D eigenvalue weighted by atomic mass is 16.1. The van der Waals surface area contributed by atoms with E-state index < -0.39 is 0 Å². The van der Waals surface area contributed by atoms with Gasteiger partial charge in [0.2, 0.25) is 0 Å². The van der Waals surface area contributed by atoms with Gasteiger partial charge >= 0.3 is 0 Å². The second kappa shape index (κ2) is 5.35. The number of nitrogens with zero attached hydrogens (tertiary/aromatic N) is 1. The van der Waals surface area contributed by atoms with Crippen LogP contribution in [0.5, 0.6) is 0 Å². The van der Waals surface area contributed by atoms with Gasteiger partial charge in [0.15, 0.2) is 0 Å². The molecule has 1 aromatic rings. The Morgan fingerprint density at radius 1 is 1.24 bits per heavy atom. The smallest absolute Gasteiger partial charge is 0.127 e. The SMILES string of the molecule is CCC(C)(C=O)CN(C)c1cc(C)cc(C)c1. The first-order chi connectivity index (χ1) is 7.90. The Morgan fingerprint density at radius 2 is 1.76 bits per heavy atom. The fourth-order valence-corrected chi connectivity index (χ4v) is 2.04. The number of aryl methyl sites for hydroxylation is 2. The fourth-order valence-electron chi connectivity index (χ4n) is 2.04. The van der Waals surface area contributed by atoms with Crippen LogP contribution >= 0.6 is 0 Å². The van der Waals surface area contributed by atoms with E-state index >= 15 is 0 Å². The van der Waals surface area contributed by atoms with Gasteiger partial charge in [-0.25, -0.2) is 0 Å². The number of carbonyl (C=O) groups is 1. The maximum absolute atomic E-state index is 11.1. The van der Waals surface area contributed by atoms with E-state index in [9.17, 15) is 4.79 Å². The van der Waals surface area contributed by atoms with Gasteiger partial charge in [0.1, 0.15) is 6.29 Å². The van der Waals surface area contributed by atoms with Gasteiger partial charge in [0.05, 0.1) is 0 Å². The number of anilines is 1. The summed E-state index contributed by atoms with van der Waals surface area (Å²) in [5.74, 6) is 0. The molecule has 1 aromatic carbocycles. The summed E-state index contributed by atoms with van der Waals surface area (Å²) in [6.07, 6.45) is 1.94. The van der Waals surface area contributed by atoms with Crippen LogP contribution in [-0.2, 0) is 4.79 Å². The molecule has 17 heavy (non-hydrogen) atoms. The van der Waals surface area contributed by atoms with Crippen molar-refractivity contribution < 1.29 is 4.79 Å². The number of benzene rings is 1. The van der Waals surface area contributed by atoms with Crippen molar-refractivity contribution in [3.05, 3.63) is 29.3 Å². The summed E-state index contributed by atoms with van der Waals surface area (Å²) in [4.78, 5) is 13.3. The minimum atomic E-state index is -0.258. The molecule has 0 spiro atoms. The standard InChI is InChI=1S/C15H23NO/c1-6-15(4,11-17)10-16(5)14-8-12(2)7-13(3)9-14/h7-9,11H,6,10H2,1-5H3.